The molecule has 9 heteroatoms. The van der Waals surface area contributed by atoms with Crippen molar-refractivity contribution in [2.75, 3.05) is 44.7 Å². The number of hydrogen-bond acceptors (Lipinski definition) is 8. The van der Waals surface area contributed by atoms with E-state index in [2.05, 4.69) is 59.8 Å². The van der Waals surface area contributed by atoms with Crippen LogP contribution < -0.4 is 9.64 Å². The van der Waals surface area contributed by atoms with Gasteiger partial charge in [-0.15, -0.1) is 0 Å². The molecule has 2 saturated heterocycles. The van der Waals surface area contributed by atoms with Crippen molar-refractivity contribution in [1.82, 2.24) is 24.8 Å². The lowest BCUT2D eigenvalue weighted by Crippen LogP contribution is -2.55. The van der Waals surface area contributed by atoms with Crippen molar-refractivity contribution in [3.63, 3.8) is 0 Å². The number of piperazine rings is 1. The first-order chi connectivity index (χ1) is 20.0. The molecule has 3 fully saturated rings. The maximum atomic E-state index is 12.5. The summed E-state index contributed by atoms with van der Waals surface area (Å²) in [6, 6.07) is 13.4. The van der Waals surface area contributed by atoms with E-state index in [1.807, 2.05) is 0 Å². The second kappa shape index (κ2) is 10.4. The number of nitriles is 1. The molecule has 1 amide bonds. The van der Waals surface area contributed by atoms with E-state index in [1.165, 1.54) is 35.6 Å². The van der Waals surface area contributed by atoms with Gasteiger partial charge in [-0.05, 0) is 80.4 Å². The number of likely N-dealkylation sites (tertiary alicyclic amines) is 1. The largest absolute Gasteiger partial charge is 0.462 e. The summed E-state index contributed by atoms with van der Waals surface area (Å²) in [5, 5.41) is 10.3. The Kier molecular flexibility index (Phi) is 6.58. The Morgan fingerprint density at radius 2 is 2.07 bits per heavy atom. The first-order valence-electron chi connectivity index (χ1n) is 14.7. The number of rotatable bonds is 7. The molecule has 2 aliphatic heterocycles. The number of anilines is 1. The smallest absolute Gasteiger partial charge is 0.320 e. The standard InChI is InChI=1S/C32H35N7O2/c1-3-28(40)39-15-14-38(18-22(39)11-12-33)31-25-9-10-27(24-8-4-6-20-16-21-17-26(21)29(20)24)34-30(25)35-32(36-31)41-19-23-7-5-13-37(23)2/h3-4,6,8-10,21-23,26H,1,5,7,11,13-19H2,2H3/t21?,22-,23?,26?/m0/s1. The molecule has 4 atom stereocenters. The Bertz CT molecular complexity index is 1570. The summed E-state index contributed by atoms with van der Waals surface area (Å²) in [5.74, 6) is 2.04. The minimum Gasteiger partial charge on any atom is -0.462 e. The van der Waals surface area contributed by atoms with Gasteiger partial charge in [0.25, 0.3) is 0 Å². The lowest BCUT2D eigenvalue weighted by molar-refractivity contribution is -0.128. The van der Waals surface area contributed by atoms with Gasteiger partial charge in [0.2, 0.25) is 5.91 Å². The van der Waals surface area contributed by atoms with Crippen molar-refractivity contribution in [1.29, 1.82) is 5.26 Å². The number of aromatic nitrogens is 3. The molecule has 41 heavy (non-hydrogen) atoms. The molecule has 3 unspecified atom stereocenters. The van der Waals surface area contributed by atoms with E-state index in [0.29, 0.717) is 49.9 Å². The van der Waals surface area contributed by atoms with E-state index in [1.54, 1.807) is 4.90 Å². The van der Waals surface area contributed by atoms with E-state index in [9.17, 15) is 10.1 Å². The zero-order valence-electron chi connectivity index (χ0n) is 23.5. The van der Waals surface area contributed by atoms with Gasteiger partial charge in [-0.2, -0.15) is 15.2 Å². The number of nitrogens with zero attached hydrogens (tertiary/aromatic N) is 7. The Balaban J connectivity index is 1.26. The predicted octanol–water partition coefficient (Wildman–Crippen LogP) is 3.94. The predicted molar refractivity (Wildman–Crippen MR) is 157 cm³/mol. The molecule has 7 rings (SSSR count). The Labute approximate surface area is 240 Å². The highest BCUT2D eigenvalue weighted by atomic mass is 16.5. The van der Waals surface area contributed by atoms with Crippen LogP contribution in [0.2, 0.25) is 0 Å². The molecule has 9 nitrogen and oxygen atoms in total. The van der Waals surface area contributed by atoms with Gasteiger partial charge in [-0.25, -0.2) is 4.98 Å². The van der Waals surface area contributed by atoms with Gasteiger partial charge in [0.15, 0.2) is 5.65 Å². The number of carbonyl (C=O) groups is 1. The van der Waals surface area contributed by atoms with E-state index in [0.717, 1.165) is 42.2 Å². The van der Waals surface area contributed by atoms with Crippen LogP contribution in [0.4, 0.5) is 5.82 Å². The van der Waals surface area contributed by atoms with Crippen LogP contribution in [0.25, 0.3) is 22.3 Å². The fourth-order valence-corrected chi connectivity index (χ4v) is 7.09. The molecule has 3 aromatic rings. The minimum atomic E-state index is -0.258. The number of fused-ring (bicyclic) bond motifs is 4. The molecule has 1 saturated carbocycles. The van der Waals surface area contributed by atoms with E-state index >= 15 is 0 Å². The normalized spacial score (nSPS) is 25.1. The highest BCUT2D eigenvalue weighted by Crippen LogP contribution is 2.58. The molecular weight excluding hydrogens is 514 g/mol. The molecule has 0 N–H and O–H groups in total. The molecule has 4 heterocycles. The number of hydrogen-bond donors (Lipinski definition) is 0. The van der Waals surface area contributed by atoms with Gasteiger partial charge >= 0.3 is 6.01 Å². The summed E-state index contributed by atoms with van der Waals surface area (Å²) >= 11 is 0. The van der Waals surface area contributed by atoms with Crippen molar-refractivity contribution in [2.24, 2.45) is 5.92 Å². The number of likely N-dealkylation sites (N-methyl/N-ethyl adjacent to an activating group) is 1. The van der Waals surface area contributed by atoms with Crippen LogP contribution in [0.3, 0.4) is 0 Å². The van der Waals surface area contributed by atoms with E-state index in [-0.39, 0.29) is 18.4 Å². The monoisotopic (exact) mass is 549 g/mol. The first-order valence-corrected chi connectivity index (χ1v) is 14.7. The third-order valence-corrected chi connectivity index (χ3v) is 9.41. The molecule has 4 aliphatic rings. The quantitative estimate of drug-likeness (QED) is 0.409. The van der Waals surface area contributed by atoms with Crippen LogP contribution in [-0.4, -0.2) is 82.6 Å². The molecule has 0 spiro atoms. The second-order valence-electron chi connectivity index (χ2n) is 11.9. The summed E-state index contributed by atoms with van der Waals surface area (Å²) < 4.78 is 6.23. The maximum Gasteiger partial charge on any atom is 0.320 e. The Morgan fingerprint density at radius 3 is 2.88 bits per heavy atom. The lowest BCUT2D eigenvalue weighted by atomic mass is 9.97. The van der Waals surface area contributed by atoms with Gasteiger partial charge in [-0.1, -0.05) is 24.8 Å². The van der Waals surface area contributed by atoms with Gasteiger partial charge in [-0.3, -0.25) is 4.79 Å². The zero-order valence-corrected chi connectivity index (χ0v) is 23.5. The fourth-order valence-electron chi connectivity index (χ4n) is 7.09. The van der Waals surface area contributed by atoms with Gasteiger partial charge < -0.3 is 19.4 Å². The molecule has 1 aromatic carbocycles. The lowest BCUT2D eigenvalue weighted by Gasteiger charge is -2.41. The van der Waals surface area contributed by atoms with Crippen LogP contribution in [0, 0.1) is 17.2 Å². The van der Waals surface area contributed by atoms with Crippen LogP contribution >= 0.6 is 0 Å². The highest BCUT2D eigenvalue weighted by molar-refractivity contribution is 5.90. The SMILES string of the molecule is C=CC(=O)N1CCN(c2nc(OCC3CCCN3C)nc3nc(-c4cccc5c4C4CC4C5)ccc23)C[C@@H]1CC#N. The summed E-state index contributed by atoms with van der Waals surface area (Å²) in [6.07, 6.45) is 6.27. The van der Waals surface area contributed by atoms with Gasteiger partial charge in [0.1, 0.15) is 12.4 Å². The highest BCUT2D eigenvalue weighted by Gasteiger charge is 2.46. The minimum absolute atomic E-state index is 0.151. The topological polar surface area (TPSA) is 98.5 Å². The number of amides is 1. The molecule has 0 radical (unpaired) electrons. The van der Waals surface area contributed by atoms with E-state index < -0.39 is 0 Å². The number of ether oxygens (including phenoxy) is 1. The first kappa shape index (κ1) is 25.9. The summed E-state index contributed by atoms with van der Waals surface area (Å²) in [4.78, 5) is 33.5. The summed E-state index contributed by atoms with van der Waals surface area (Å²) in [6.45, 7) is 6.78. The van der Waals surface area contributed by atoms with Crippen LogP contribution in [0.5, 0.6) is 6.01 Å². The number of pyridine rings is 1. The molecule has 2 aliphatic carbocycles. The zero-order chi connectivity index (χ0) is 28.1. The maximum absolute atomic E-state index is 12.5. The molecular formula is C32H35N7O2. The fraction of sp³-hybridized carbons (Fsp3) is 0.469. The van der Waals surface area contributed by atoms with E-state index in [4.69, 9.17) is 19.7 Å². The molecule has 0 bridgehead atoms. The van der Waals surface area contributed by atoms with Crippen molar-refractivity contribution >= 4 is 22.8 Å². The summed E-state index contributed by atoms with van der Waals surface area (Å²) in [5.41, 5.74) is 5.65. The van der Waals surface area contributed by atoms with Crippen LogP contribution in [0.15, 0.2) is 43.0 Å². The van der Waals surface area contributed by atoms with Gasteiger partial charge in [0.05, 0.1) is 29.6 Å². The summed E-state index contributed by atoms with van der Waals surface area (Å²) in [7, 11) is 2.13. The number of benzene rings is 1. The number of carbonyl (C=O) groups excluding carboxylic acids is 1. The van der Waals surface area contributed by atoms with Crippen molar-refractivity contribution < 1.29 is 9.53 Å². The average Bonchev–Trinajstić information content (AvgIpc) is 3.47. The second-order valence-corrected chi connectivity index (χ2v) is 11.9. The van der Waals surface area contributed by atoms with Gasteiger partial charge in [0, 0.05) is 31.2 Å². The van der Waals surface area contributed by atoms with Crippen molar-refractivity contribution in [3.8, 4) is 23.3 Å². The third-order valence-electron chi connectivity index (χ3n) is 9.41. The van der Waals surface area contributed by atoms with Crippen LogP contribution in [0.1, 0.15) is 42.7 Å². The Morgan fingerprint density at radius 1 is 1.17 bits per heavy atom. The Hall–Kier alpha value is -4.03. The van der Waals surface area contributed by atoms with Crippen molar-refractivity contribution in [3.05, 3.63) is 54.1 Å². The van der Waals surface area contributed by atoms with Crippen molar-refractivity contribution in [2.45, 2.75) is 50.1 Å². The van der Waals surface area contributed by atoms with Crippen LogP contribution in [-0.2, 0) is 11.2 Å². The molecule has 2 aromatic heterocycles. The molecule has 210 valence electrons. The average molecular weight is 550 g/mol. The third kappa shape index (κ3) is 4.70.